The Hall–Kier alpha value is -4.03. The number of aromatic nitrogens is 4. The van der Waals surface area contributed by atoms with Crippen LogP contribution in [0, 0.1) is 0 Å². The lowest BCUT2D eigenvalue weighted by Gasteiger charge is -2.35. The summed E-state index contributed by atoms with van der Waals surface area (Å²) in [6.07, 6.45) is 6.61. The fourth-order valence-corrected chi connectivity index (χ4v) is 11.9. The standard InChI is InChI=1S/C25H36ClN5O5S.C21H28Cl2N4O5S/c1-2-35-16-17-36-24-23(20-27-31(25(24)32)22-8-5-7-21(26)19-22)29-12-14-30(15-13-29)37(33,34)18-6-11-28-9-3-4-10-28;1-2-31-12-13-32-20-19(16-24-27(21(20)28)18-6-3-5-17(23)15-18)25-8-10-26(11-9-25)33(29,30)14-4-7-22/h5,7-8,19-20H,2-4,6,9-18H2,1H3;3,5-6,15-16H,2,4,7-14H2,1H3. The molecule has 0 radical (unpaired) electrons. The van der Waals surface area contributed by atoms with Gasteiger partial charge in [0.2, 0.25) is 31.5 Å². The fourth-order valence-electron chi connectivity index (χ4n) is 8.24. The van der Waals surface area contributed by atoms with Crippen LogP contribution in [0.25, 0.3) is 11.4 Å². The van der Waals surface area contributed by atoms with Crippen molar-refractivity contribution in [2.45, 2.75) is 39.5 Å². The Morgan fingerprint density at radius 3 is 1.41 bits per heavy atom. The van der Waals surface area contributed by atoms with Crippen molar-refractivity contribution in [3.05, 3.63) is 91.7 Å². The zero-order chi connectivity index (χ0) is 50.1. The molecule has 2 aromatic carbocycles. The third kappa shape index (κ3) is 15.2. The Labute approximate surface area is 425 Å². The second-order valence-corrected chi connectivity index (χ2v) is 22.0. The summed E-state index contributed by atoms with van der Waals surface area (Å²) >= 11 is 17.8. The highest BCUT2D eigenvalue weighted by molar-refractivity contribution is 7.89. The van der Waals surface area contributed by atoms with Crippen molar-refractivity contribution in [1.29, 1.82) is 0 Å². The van der Waals surface area contributed by atoms with E-state index in [1.165, 1.54) is 26.5 Å². The lowest BCUT2D eigenvalue weighted by molar-refractivity contribution is 0.109. The summed E-state index contributed by atoms with van der Waals surface area (Å²) < 4.78 is 78.8. The number of nitrogens with zero attached hydrogens (tertiary/aromatic N) is 9. The molecule has 5 heterocycles. The summed E-state index contributed by atoms with van der Waals surface area (Å²) in [6.45, 7) is 11.9. The van der Waals surface area contributed by atoms with Gasteiger partial charge in [-0.25, -0.2) is 16.8 Å². The quantitative estimate of drug-likeness (QED) is 0.0738. The number of anilines is 2. The van der Waals surface area contributed by atoms with Crippen LogP contribution in [0.4, 0.5) is 11.4 Å². The van der Waals surface area contributed by atoms with Crippen LogP contribution in [-0.2, 0) is 29.5 Å². The minimum Gasteiger partial charge on any atom is -0.484 e. The van der Waals surface area contributed by atoms with Crippen LogP contribution in [0.2, 0.25) is 10.0 Å². The summed E-state index contributed by atoms with van der Waals surface area (Å²) in [5.74, 6) is 0.794. The Kier molecular flexibility index (Phi) is 21.4. The van der Waals surface area contributed by atoms with Crippen LogP contribution in [0.1, 0.15) is 39.5 Å². The third-order valence-electron chi connectivity index (χ3n) is 11.8. The van der Waals surface area contributed by atoms with Gasteiger partial charge in [0.05, 0.1) is 48.5 Å². The molecule has 7 rings (SSSR count). The highest BCUT2D eigenvalue weighted by atomic mass is 35.5. The molecule has 3 fully saturated rings. The molecule has 24 heteroatoms. The van der Waals surface area contributed by atoms with Crippen molar-refractivity contribution in [2.24, 2.45) is 0 Å². The number of benzene rings is 2. The van der Waals surface area contributed by atoms with E-state index in [0.717, 1.165) is 19.6 Å². The average molecular weight is 1070 g/mol. The van der Waals surface area contributed by atoms with E-state index in [1.54, 1.807) is 65.2 Å². The first kappa shape index (κ1) is 55.3. The highest BCUT2D eigenvalue weighted by Gasteiger charge is 2.31. The lowest BCUT2D eigenvalue weighted by Crippen LogP contribution is -2.50. The number of likely N-dealkylation sites (tertiary alicyclic amines) is 1. The maximum atomic E-state index is 13.4. The van der Waals surface area contributed by atoms with Crippen LogP contribution >= 0.6 is 34.8 Å². The summed E-state index contributed by atoms with van der Waals surface area (Å²) in [5.41, 5.74) is 1.28. The average Bonchev–Trinajstić information content (AvgIpc) is 3.88. The van der Waals surface area contributed by atoms with E-state index in [2.05, 4.69) is 15.1 Å². The molecule has 0 saturated carbocycles. The molecule has 4 aromatic rings. The molecule has 3 aliphatic heterocycles. The summed E-state index contributed by atoms with van der Waals surface area (Å²) in [6, 6.07) is 13.7. The third-order valence-corrected chi connectivity index (χ3v) is 16.5. The predicted octanol–water partition coefficient (Wildman–Crippen LogP) is 4.62. The molecule has 70 heavy (non-hydrogen) atoms. The van der Waals surface area contributed by atoms with Crippen molar-refractivity contribution in [1.82, 2.24) is 33.1 Å². The number of piperazine rings is 2. The van der Waals surface area contributed by atoms with E-state index in [4.69, 9.17) is 53.8 Å². The zero-order valence-corrected chi connectivity index (χ0v) is 43.7. The van der Waals surface area contributed by atoms with Crippen molar-refractivity contribution in [3.8, 4) is 22.9 Å². The maximum absolute atomic E-state index is 13.4. The number of halogens is 3. The van der Waals surface area contributed by atoms with Gasteiger partial charge in [-0.3, -0.25) is 9.59 Å². The van der Waals surface area contributed by atoms with E-state index < -0.39 is 31.2 Å². The van der Waals surface area contributed by atoms with Crippen molar-refractivity contribution >= 4 is 66.2 Å². The minimum absolute atomic E-state index is 0.0273. The first-order valence-electron chi connectivity index (χ1n) is 23.7. The normalized spacial score (nSPS) is 16.3. The zero-order valence-electron chi connectivity index (χ0n) is 39.8. The van der Waals surface area contributed by atoms with Crippen LogP contribution in [0.15, 0.2) is 70.5 Å². The molecule has 0 spiro atoms. The van der Waals surface area contributed by atoms with Crippen LogP contribution in [0.3, 0.4) is 0 Å². The molecule has 3 aliphatic rings. The van der Waals surface area contributed by atoms with Gasteiger partial charge in [-0.2, -0.15) is 28.2 Å². The second kappa shape index (κ2) is 27.1. The van der Waals surface area contributed by atoms with E-state index in [0.29, 0.717) is 130 Å². The number of ether oxygens (including phenoxy) is 4. The van der Waals surface area contributed by atoms with Crippen LogP contribution in [-0.4, -0.2) is 179 Å². The lowest BCUT2D eigenvalue weighted by atomic mass is 10.3. The predicted molar refractivity (Wildman–Crippen MR) is 274 cm³/mol. The number of alkyl halides is 1. The van der Waals surface area contributed by atoms with Gasteiger partial charge in [-0.1, -0.05) is 35.3 Å². The Bertz CT molecular complexity index is 2640. The van der Waals surface area contributed by atoms with Gasteiger partial charge in [0.25, 0.3) is 0 Å². The molecule has 0 unspecified atom stereocenters. The largest absolute Gasteiger partial charge is 0.484 e. The summed E-state index contributed by atoms with van der Waals surface area (Å²) in [5, 5.41) is 9.67. The Balaban J connectivity index is 0.000000231. The van der Waals surface area contributed by atoms with Gasteiger partial charge in [-0.15, -0.1) is 11.6 Å². The molecule has 0 aliphatic carbocycles. The molecule has 2 aromatic heterocycles. The first-order chi connectivity index (χ1) is 33.8. The van der Waals surface area contributed by atoms with Gasteiger partial charge >= 0.3 is 11.1 Å². The maximum Gasteiger partial charge on any atom is 0.316 e. The van der Waals surface area contributed by atoms with Gasteiger partial charge < -0.3 is 33.6 Å². The molecule has 19 nitrogen and oxygen atoms in total. The van der Waals surface area contributed by atoms with Crippen LogP contribution < -0.4 is 30.4 Å². The SMILES string of the molecule is CCOCCOc1c(N2CCN(S(=O)(=O)CCCCl)CC2)cnn(-c2cccc(Cl)c2)c1=O.CCOCCOc1c(N2CCN(S(=O)(=O)CCCN3CCCC3)CC2)cnn(-c2cccc(Cl)c2)c1=O. The van der Waals surface area contributed by atoms with Gasteiger partial charge in [-0.05, 0) is 95.6 Å². The molecule has 0 N–H and O–H groups in total. The molecule has 0 bridgehead atoms. The van der Waals surface area contributed by atoms with Crippen LogP contribution in [0.5, 0.6) is 11.5 Å². The van der Waals surface area contributed by atoms with Crippen molar-refractivity contribution in [2.75, 3.05) is 139 Å². The molecule has 0 atom stereocenters. The molecular weight excluding hydrogens is 1010 g/mol. The first-order valence-corrected chi connectivity index (χ1v) is 28.2. The van der Waals surface area contributed by atoms with Gasteiger partial charge in [0.15, 0.2) is 0 Å². The van der Waals surface area contributed by atoms with E-state index in [1.807, 2.05) is 23.6 Å². The summed E-state index contributed by atoms with van der Waals surface area (Å²) in [7, 11) is -6.68. The smallest absolute Gasteiger partial charge is 0.316 e. The fraction of sp³-hybridized carbons (Fsp3) is 0.565. The number of sulfonamides is 2. The minimum atomic E-state index is -3.36. The topological polar surface area (TPSA) is 191 Å². The van der Waals surface area contributed by atoms with E-state index >= 15 is 0 Å². The molecular formula is C46H64Cl3N9O10S2. The highest BCUT2D eigenvalue weighted by Crippen LogP contribution is 2.28. The Morgan fingerprint density at radius 1 is 0.586 bits per heavy atom. The second-order valence-electron chi connectivity index (χ2n) is 16.6. The van der Waals surface area contributed by atoms with Crippen molar-refractivity contribution < 1.29 is 35.8 Å². The monoisotopic (exact) mass is 1070 g/mol. The van der Waals surface area contributed by atoms with E-state index in [9.17, 15) is 26.4 Å². The number of rotatable bonds is 23. The Morgan fingerprint density at radius 2 is 1.01 bits per heavy atom. The van der Waals surface area contributed by atoms with Gasteiger partial charge in [0.1, 0.15) is 24.6 Å². The van der Waals surface area contributed by atoms with Gasteiger partial charge in [0, 0.05) is 81.5 Å². The number of hydrogen-bond acceptors (Lipinski definition) is 15. The molecule has 3 saturated heterocycles. The summed E-state index contributed by atoms with van der Waals surface area (Å²) in [4.78, 5) is 32.9. The molecule has 386 valence electrons. The molecule has 0 amide bonds. The van der Waals surface area contributed by atoms with E-state index in [-0.39, 0.29) is 36.2 Å². The number of hydrogen-bond donors (Lipinski definition) is 0. The van der Waals surface area contributed by atoms with Crippen molar-refractivity contribution in [3.63, 3.8) is 0 Å².